The third-order valence-corrected chi connectivity index (χ3v) is 4.40. The smallest absolute Gasteiger partial charge is 0.0846 e. The van der Waals surface area contributed by atoms with Crippen molar-refractivity contribution in [3.8, 4) is 11.1 Å². The first-order chi connectivity index (χ1) is 11.0. The summed E-state index contributed by atoms with van der Waals surface area (Å²) in [5.74, 6) is 0. The molecule has 1 aromatic heterocycles. The fraction of sp³-hybridized carbons (Fsp3) is 0.143. The average Bonchev–Trinajstić information content (AvgIpc) is 2.92. The fourth-order valence-corrected chi connectivity index (χ4v) is 3.28. The van der Waals surface area contributed by atoms with Gasteiger partial charge in [0.05, 0.1) is 5.60 Å². The first kappa shape index (κ1) is 14.0. The van der Waals surface area contributed by atoms with Crippen molar-refractivity contribution in [1.29, 1.82) is 0 Å². The molecule has 2 heteroatoms. The maximum Gasteiger partial charge on any atom is 0.0846 e. The van der Waals surface area contributed by atoms with Gasteiger partial charge in [-0.05, 0) is 48.7 Å². The Balaban J connectivity index is 1.99. The van der Waals surface area contributed by atoms with Crippen molar-refractivity contribution >= 4 is 21.8 Å². The molecule has 4 rings (SSSR count). The van der Waals surface area contributed by atoms with Crippen molar-refractivity contribution in [2.75, 3.05) is 0 Å². The summed E-state index contributed by atoms with van der Waals surface area (Å²) < 4.78 is 0. The Morgan fingerprint density at radius 2 is 1.48 bits per heavy atom. The van der Waals surface area contributed by atoms with E-state index in [1.807, 2.05) is 38.1 Å². The molecule has 0 spiro atoms. The van der Waals surface area contributed by atoms with Gasteiger partial charge >= 0.3 is 0 Å². The largest absolute Gasteiger partial charge is 0.386 e. The zero-order valence-corrected chi connectivity index (χ0v) is 13.3. The summed E-state index contributed by atoms with van der Waals surface area (Å²) in [6.07, 6.45) is 0. The molecule has 0 aliphatic rings. The zero-order valence-electron chi connectivity index (χ0n) is 13.3. The van der Waals surface area contributed by atoms with Gasteiger partial charge in [-0.2, -0.15) is 0 Å². The number of fused-ring (bicyclic) bond motifs is 3. The Kier molecular flexibility index (Phi) is 3.03. The van der Waals surface area contributed by atoms with Crippen LogP contribution in [0.25, 0.3) is 32.9 Å². The van der Waals surface area contributed by atoms with Gasteiger partial charge in [-0.1, -0.05) is 48.5 Å². The number of aromatic amines is 1. The summed E-state index contributed by atoms with van der Waals surface area (Å²) in [7, 11) is 0. The minimum atomic E-state index is -0.869. The van der Waals surface area contributed by atoms with Crippen LogP contribution in [-0.4, -0.2) is 10.1 Å². The van der Waals surface area contributed by atoms with Crippen molar-refractivity contribution in [2.45, 2.75) is 19.4 Å². The van der Waals surface area contributed by atoms with Gasteiger partial charge in [-0.15, -0.1) is 0 Å². The van der Waals surface area contributed by atoms with Crippen LogP contribution in [0.5, 0.6) is 0 Å². The number of hydrogen-bond acceptors (Lipinski definition) is 1. The van der Waals surface area contributed by atoms with Gasteiger partial charge in [0, 0.05) is 21.8 Å². The summed E-state index contributed by atoms with van der Waals surface area (Å²) in [6.45, 7) is 3.66. The van der Waals surface area contributed by atoms with E-state index in [-0.39, 0.29) is 0 Å². The molecule has 0 amide bonds. The van der Waals surface area contributed by atoms with Gasteiger partial charge in [0.1, 0.15) is 0 Å². The second-order valence-corrected chi connectivity index (χ2v) is 6.54. The highest BCUT2D eigenvalue weighted by molar-refractivity contribution is 6.08. The zero-order chi connectivity index (χ0) is 16.0. The highest BCUT2D eigenvalue weighted by Crippen LogP contribution is 2.34. The second kappa shape index (κ2) is 4.97. The van der Waals surface area contributed by atoms with Crippen LogP contribution in [0.2, 0.25) is 0 Å². The summed E-state index contributed by atoms with van der Waals surface area (Å²) in [5, 5.41) is 12.9. The topological polar surface area (TPSA) is 36.0 Å². The Morgan fingerprint density at radius 1 is 0.783 bits per heavy atom. The molecule has 0 saturated heterocycles. The Hall–Kier alpha value is -2.58. The summed E-state index contributed by atoms with van der Waals surface area (Å²) in [5.41, 5.74) is 4.56. The molecule has 3 aromatic carbocycles. The fourth-order valence-electron chi connectivity index (χ4n) is 3.28. The van der Waals surface area contributed by atoms with Crippen molar-refractivity contribution in [1.82, 2.24) is 4.98 Å². The molecule has 114 valence electrons. The quantitative estimate of drug-likeness (QED) is 0.523. The molecule has 2 N–H and O–H groups in total. The molecule has 4 aromatic rings. The SMILES string of the molecule is CC(C)(O)c1ccccc1-c1ccc2[nH]c3ccccc3c2c1. The van der Waals surface area contributed by atoms with E-state index in [0.29, 0.717) is 0 Å². The molecule has 0 radical (unpaired) electrons. The average molecular weight is 301 g/mol. The number of aliphatic hydroxyl groups is 1. The lowest BCUT2D eigenvalue weighted by atomic mass is 9.89. The van der Waals surface area contributed by atoms with Crippen LogP contribution in [0.15, 0.2) is 66.7 Å². The standard InChI is InChI=1S/C21H19NO/c1-21(2,23)18-9-5-3-7-15(18)14-11-12-20-17(13-14)16-8-4-6-10-19(16)22-20/h3-13,22-23H,1-2H3. The number of rotatable bonds is 2. The lowest BCUT2D eigenvalue weighted by Gasteiger charge is -2.21. The molecule has 2 nitrogen and oxygen atoms in total. The van der Waals surface area contributed by atoms with Crippen LogP contribution >= 0.6 is 0 Å². The molecule has 0 unspecified atom stereocenters. The normalized spacial score (nSPS) is 12.1. The van der Waals surface area contributed by atoms with E-state index in [1.54, 1.807) is 0 Å². The van der Waals surface area contributed by atoms with Crippen LogP contribution in [0, 0.1) is 0 Å². The maximum absolute atomic E-state index is 10.5. The third kappa shape index (κ3) is 2.32. The van der Waals surface area contributed by atoms with E-state index >= 15 is 0 Å². The number of aromatic nitrogens is 1. The van der Waals surface area contributed by atoms with E-state index < -0.39 is 5.60 Å². The molecule has 0 bridgehead atoms. The molecule has 0 atom stereocenters. The molecule has 1 heterocycles. The molecule has 0 aliphatic carbocycles. The predicted octanol–water partition coefficient (Wildman–Crippen LogP) is 5.22. The predicted molar refractivity (Wildman–Crippen MR) is 96.5 cm³/mol. The van der Waals surface area contributed by atoms with E-state index in [1.165, 1.54) is 10.8 Å². The number of hydrogen-bond donors (Lipinski definition) is 2. The number of benzene rings is 3. The monoisotopic (exact) mass is 301 g/mol. The second-order valence-electron chi connectivity index (χ2n) is 6.54. The van der Waals surface area contributed by atoms with Crippen LogP contribution in [0.1, 0.15) is 19.4 Å². The lowest BCUT2D eigenvalue weighted by Crippen LogP contribution is -2.16. The third-order valence-electron chi connectivity index (χ3n) is 4.40. The van der Waals surface area contributed by atoms with Gasteiger partial charge in [-0.3, -0.25) is 0 Å². The number of nitrogens with one attached hydrogen (secondary N) is 1. The number of para-hydroxylation sites is 1. The molecule has 0 fully saturated rings. The highest BCUT2D eigenvalue weighted by atomic mass is 16.3. The lowest BCUT2D eigenvalue weighted by molar-refractivity contribution is 0.0792. The van der Waals surface area contributed by atoms with E-state index in [2.05, 4.69) is 47.4 Å². The highest BCUT2D eigenvalue weighted by Gasteiger charge is 2.20. The van der Waals surface area contributed by atoms with Gasteiger partial charge in [0.25, 0.3) is 0 Å². The van der Waals surface area contributed by atoms with Crippen LogP contribution in [0.3, 0.4) is 0 Å². The first-order valence-corrected chi connectivity index (χ1v) is 7.87. The van der Waals surface area contributed by atoms with E-state index in [0.717, 1.165) is 27.7 Å². The Morgan fingerprint density at radius 3 is 2.30 bits per heavy atom. The Labute approximate surface area is 135 Å². The number of H-pyrrole nitrogens is 1. The maximum atomic E-state index is 10.5. The van der Waals surface area contributed by atoms with E-state index in [9.17, 15) is 5.11 Å². The summed E-state index contributed by atoms with van der Waals surface area (Å²) >= 11 is 0. The van der Waals surface area contributed by atoms with Gasteiger partial charge < -0.3 is 10.1 Å². The van der Waals surface area contributed by atoms with Crippen molar-refractivity contribution in [3.63, 3.8) is 0 Å². The van der Waals surface area contributed by atoms with Gasteiger partial charge in [0.15, 0.2) is 0 Å². The minimum absolute atomic E-state index is 0.869. The molecular formula is C21H19NO. The van der Waals surface area contributed by atoms with Crippen LogP contribution in [-0.2, 0) is 5.60 Å². The molecule has 23 heavy (non-hydrogen) atoms. The first-order valence-electron chi connectivity index (χ1n) is 7.87. The summed E-state index contributed by atoms with van der Waals surface area (Å²) in [6, 6.07) is 22.8. The molecule has 0 aliphatic heterocycles. The van der Waals surface area contributed by atoms with E-state index in [4.69, 9.17) is 0 Å². The Bertz CT molecular complexity index is 1010. The van der Waals surface area contributed by atoms with Crippen molar-refractivity contribution in [2.24, 2.45) is 0 Å². The van der Waals surface area contributed by atoms with Crippen LogP contribution in [0.4, 0.5) is 0 Å². The minimum Gasteiger partial charge on any atom is -0.386 e. The van der Waals surface area contributed by atoms with Crippen molar-refractivity contribution < 1.29 is 5.11 Å². The van der Waals surface area contributed by atoms with Crippen LogP contribution < -0.4 is 0 Å². The molecular weight excluding hydrogens is 282 g/mol. The molecule has 0 saturated carbocycles. The van der Waals surface area contributed by atoms with Crippen molar-refractivity contribution in [3.05, 3.63) is 72.3 Å². The van der Waals surface area contributed by atoms with Gasteiger partial charge in [0.2, 0.25) is 0 Å². The van der Waals surface area contributed by atoms with Gasteiger partial charge in [-0.25, -0.2) is 0 Å². The summed E-state index contributed by atoms with van der Waals surface area (Å²) in [4.78, 5) is 3.45.